The highest BCUT2D eigenvalue weighted by Gasteiger charge is 2.38. The molecule has 11 heteroatoms. The van der Waals surface area contributed by atoms with Crippen LogP contribution >= 0.6 is 0 Å². The molecule has 30 heavy (non-hydrogen) atoms. The minimum absolute atomic E-state index is 0.0890. The number of piperidine rings is 1. The average Bonchev–Trinajstić information content (AvgIpc) is 3.18. The van der Waals surface area contributed by atoms with E-state index in [-0.39, 0.29) is 36.4 Å². The topological polar surface area (TPSA) is 119 Å². The van der Waals surface area contributed by atoms with Gasteiger partial charge in [0.1, 0.15) is 0 Å². The van der Waals surface area contributed by atoms with Crippen LogP contribution in [0.2, 0.25) is 0 Å². The first-order valence-electron chi connectivity index (χ1n) is 10.2. The molecule has 1 aromatic carbocycles. The number of carbonyl (C=O) groups is 1. The lowest BCUT2D eigenvalue weighted by atomic mass is 9.97. The SMILES string of the molecule is O=C(C1CCN(S(=O)(=O)c2cc3c(cc2[N+](=O)[O-])OCCCO3)CC1)N1CCCC1. The van der Waals surface area contributed by atoms with Gasteiger partial charge >= 0.3 is 0 Å². The first-order valence-corrected chi connectivity index (χ1v) is 11.7. The van der Waals surface area contributed by atoms with E-state index >= 15 is 0 Å². The fourth-order valence-corrected chi connectivity index (χ4v) is 5.83. The fraction of sp³-hybridized carbons (Fsp3) is 0.632. The van der Waals surface area contributed by atoms with Gasteiger partial charge in [-0.3, -0.25) is 14.9 Å². The van der Waals surface area contributed by atoms with Crippen LogP contribution in [-0.2, 0) is 14.8 Å². The maximum absolute atomic E-state index is 13.2. The molecule has 0 atom stereocenters. The molecule has 1 amide bonds. The lowest BCUT2D eigenvalue weighted by molar-refractivity contribution is -0.388. The Morgan fingerprint density at radius 1 is 1.00 bits per heavy atom. The predicted molar refractivity (Wildman–Crippen MR) is 106 cm³/mol. The van der Waals surface area contributed by atoms with E-state index in [1.54, 1.807) is 0 Å². The van der Waals surface area contributed by atoms with Crippen molar-refractivity contribution in [3.63, 3.8) is 0 Å². The smallest absolute Gasteiger partial charge is 0.293 e. The van der Waals surface area contributed by atoms with Gasteiger partial charge in [-0.25, -0.2) is 8.42 Å². The molecule has 1 aromatic rings. The van der Waals surface area contributed by atoms with Crippen LogP contribution in [0.3, 0.4) is 0 Å². The van der Waals surface area contributed by atoms with Gasteiger partial charge in [0.05, 0.1) is 24.2 Å². The number of hydrogen-bond donors (Lipinski definition) is 0. The fourth-order valence-electron chi connectivity index (χ4n) is 4.21. The largest absolute Gasteiger partial charge is 0.490 e. The van der Waals surface area contributed by atoms with Crippen molar-refractivity contribution in [1.29, 1.82) is 0 Å². The minimum Gasteiger partial charge on any atom is -0.490 e. The summed E-state index contributed by atoms with van der Waals surface area (Å²) in [4.78, 5) is 24.9. The molecule has 0 aliphatic carbocycles. The van der Waals surface area contributed by atoms with E-state index < -0.39 is 25.5 Å². The van der Waals surface area contributed by atoms with Crippen LogP contribution in [-0.4, -0.2) is 67.8 Å². The van der Waals surface area contributed by atoms with Crippen molar-refractivity contribution >= 4 is 21.6 Å². The summed E-state index contributed by atoms with van der Waals surface area (Å²) in [5, 5.41) is 11.6. The number of nitro benzene ring substituents is 1. The van der Waals surface area contributed by atoms with Crippen molar-refractivity contribution in [3.05, 3.63) is 22.2 Å². The van der Waals surface area contributed by atoms with Gasteiger partial charge in [-0.2, -0.15) is 4.31 Å². The monoisotopic (exact) mass is 439 g/mol. The Labute approximate surface area is 174 Å². The van der Waals surface area contributed by atoms with Gasteiger partial charge in [0.2, 0.25) is 15.9 Å². The summed E-state index contributed by atoms with van der Waals surface area (Å²) in [6, 6.07) is 2.31. The number of fused-ring (bicyclic) bond motifs is 1. The number of likely N-dealkylation sites (tertiary alicyclic amines) is 1. The van der Waals surface area contributed by atoms with Crippen LogP contribution in [0.25, 0.3) is 0 Å². The molecule has 0 aromatic heterocycles. The highest BCUT2D eigenvalue weighted by atomic mass is 32.2. The van der Waals surface area contributed by atoms with E-state index in [1.165, 1.54) is 10.4 Å². The molecule has 3 aliphatic heterocycles. The molecule has 0 bridgehead atoms. The molecular formula is C19H25N3O7S. The Hall–Kier alpha value is -2.40. The van der Waals surface area contributed by atoms with Gasteiger partial charge < -0.3 is 14.4 Å². The van der Waals surface area contributed by atoms with Crippen LogP contribution in [0.5, 0.6) is 11.5 Å². The van der Waals surface area contributed by atoms with E-state index in [0.29, 0.717) is 32.5 Å². The first-order chi connectivity index (χ1) is 14.4. The molecule has 0 saturated carbocycles. The summed E-state index contributed by atoms with van der Waals surface area (Å²) in [5.74, 6) is 0.253. The van der Waals surface area contributed by atoms with Crippen LogP contribution < -0.4 is 9.47 Å². The van der Waals surface area contributed by atoms with Crippen LogP contribution in [0, 0.1) is 16.0 Å². The minimum atomic E-state index is -4.12. The van der Waals surface area contributed by atoms with Crippen molar-refractivity contribution < 1.29 is 27.6 Å². The molecule has 2 saturated heterocycles. The van der Waals surface area contributed by atoms with Gasteiger partial charge in [0.25, 0.3) is 5.69 Å². The van der Waals surface area contributed by atoms with Crippen LogP contribution in [0.15, 0.2) is 17.0 Å². The molecule has 2 fully saturated rings. The summed E-state index contributed by atoms with van der Waals surface area (Å²) in [6.07, 6.45) is 3.43. The Morgan fingerprint density at radius 2 is 1.60 bits per heavy atom. The van der Waals surface area contributed by atoms with Crippen LogP contribution in [0.4, 0.5) is 5.69 Å². The molecule has 4 rings (SSSR count). The number of rotatable bonds is 4. The van der Waals surface area contributed by atoms with Crippen molar-refractivity contribution in [2.24, 2.45) is 5.92 Å². The summed E-state index contributed by atoms with van der Waals surface area (Å²) in [7, 11) is -4.12. The average molecular weight is 439 g/mol. The zero-order chi connectivity index (χ0) is 21.3. The second-order valence-electron chi connectivity index (χ2n) is 7.79. The van der Waals surface area contributed by atoms with Gasteiger partial charge in [-0.05, 0) is 25.7 Å². The number of carbonyl (C=O) groups excluding carboxylic acids is 1. The molecule has 164 valence electrons. The standard InChI is InChI=1S/C19H25N3O7S/c23-19(20-6-1-2-7-20)14-4-8-21(9-5-14)30(26,27)18-13-17-16(12-15(18)22(24)25)28-10-3-11-29-17/h12-14H,1-11H2. The molecule has 10 nitrogen and oxygen atoms in total. The third-order valence-corrected chi connectivity index (χ3v) is 7.79. The molecule has 0 radical (unpaired) electrons. The number of amides is 1. The van der Waals surface area contributed by atoms with Gasteiger partial charge in [-0.1, -0.05) is 0 Å². The maximum atomic E-state index is 13.2. The lowest BCUT2D eigenvalue weighted by Crippen LogP contribution is -2.43. The van der Waals surface area contributed by atoms with E-state index in [1.807, 2.05) is 4.90 Å². The Morgan fingerprint density at radius 3 is 2.20 bits per heavy atom. The van der Waals surface area contributed by atoms with E-state index in [2.05, 4.69) is 0 Å². The summed E-state index contributed by atoms with van der Waals surface area (Å²) in [6.45, 7) is 2.51. The third-order valence-electron chi connectivity index (χ3n) is 5.86. The second-order valence-corrected chi connectivity index (χ2v) is 9.69. The summed E-state index contributed by atoms with van der Waals surface area (Å²) < 4.78 is 38.7. The Kier molecular flexibility index (Phi) is 5.83. The van der Waals surface area contributed by atoms with Crippen LogP contribution in [0.1, 0.15) is 32.1 Å². The quantitative estimate of drug-likeness (QED) is 0.518. The number of benzene rings is 1. The number of hydrogen-bond acceptors (Lipinski definition) is 7. The number of nitrogens with zero attached hydrogens (tertiary/aromatic N) is 3. The zero-order valence-electron chi connectivity index (χ0n) is 16.6. The second kappa shape index (κ2) is 8.38. The van der Waals surface area contributed by atoms with E-state index in [9.17, 15) is 23.3 Å². The lowest BCUT2D eigenvalue weighted by Gasteiger charge is -2.32. The highest BCUT2D eigenvalue weighted by Crippen LogP contribution is 2.40. The maximum Gasteiger partial charge on any atom is 0.293 e. The third kappa shape index (κ3) is 3.95. The summed E-state index contributed by atoms with van der Waals surface area (Å²) >= 11 is 0. The zero-order valence-corrected chi connectivity index (χ0v) is 17.4. The van der Waals surface area contributed by atoms with Crippen molar-refractivity contribution in [2.45, 2.75) is 37.0 Å². The highest BCUT2D eigenvalue weighted by molar-refractivity contribution is 7.89. The summed E-state index contributed by atoms with van der Waals surface area (Å²) in [5.41, 5.74) is -0.533. The molecular weight excluding hydrogens is 414 g/mol. The van der Waals surface area contributed by atoms with Gasteiger partial charge in [-0.15, -0.1) is 0 Å². The Bertz CT molecular complexity index is 936. The van der Waals surface area contributed by atoms with Crippen molar-refractivity contribution in [1.82, 2.24) is 9.21 Å². The van der Waals surface area contributed by atoms with E-state index in [4.69, 9.17) is 9.47 Å². The molecule has 3 heterocycles. The molecule has 0 N–H and O–H groups in total. The Balaban J connectivity index is 1.55. The van der Waals surface area contributed by atoms with Crippen molar-refractivity contribution in [2.75, 3.05) is 39.4 Å². The first kappa shape index (κ1) is 20.9. The number of nitro groups is 1. The van der Waals surface area contributed by atoms with Gasteiger partial charge in [0, 0.05) is 44.6 Å². The number of ether oxygens (including phenoxy) is 2. The van der Waals surface area contributed by atoms with Crippen molar-refractivity contribution in [3.8, 4) is 11.5 Å². The van der Waals surface area contributed by atoms with E-state index in [0.717, 1.165) is 32.0 Å². The normalized spacial score (nSPS) is 20.7. The number of sulfonamides is 1. The molecule has 0 spiro atoms. The predicted octanol–water partition coefficient (Wildman–Crippen LogP) is 1.78. The van der Waals surface area contributed by atoms with Gasteiger partial charge in [0.15, 0.2) is 16.4 Å². The molecule has 3 aliphatic rings. The molecule has 0 unspecified atom stereocenters.